The third-order valence-electron chi connectivity index (χ3n) is 3.44. The van der Waals surface area contributed by atoms with Gasteiger partial charge in [-0.25, -0.2) is 0 Å². The average molecular weight is 252 g/mol. The first-order chi connectivity index (χ1) is 8.24. The number of carbonyl (C=O) groups excluding carboxylic acids is 1. The molecule has 1 N–H and O–H groups in total. The van der Waals surface area contributed by atoms with Crippen LogP contribution in [0, 0.1) is 6.92 Å². The van der Waals surface area contributed by atoms with Gasteiger partial charge in [0.25, 0.3) is 5.91 Å². The second kappa shape index (κ2) is 5.65. The molecule has 1 saturated heterocycles. The molecule has 17 heavy (non-hydrogen) atoms. The number of piperidine rings is 1. The summed E-state index contributed by atoms with van der Waals surface area (Å²) in [7, 11) is 0. The Balaban J connectivity index is 2.12. The summed E-state index contributed by atoms with van der Waals surface area (Å²) in [5, 5.41) is 7.36. The minimum atomic E-state index is 0.207. The van der Waals surface area contributed by atoms with Crippen LogP contribution in [0.3, 0.4) is 0 Å². The van der Waals surface area contributed by atoms with Crippen LogP contribution in [0.1, 0.15) is 35.7 Å². The smallest absolute Gasteiger partial charge is 0.255 e. The van der Waals surface area contributed by atoms with Crippen molar-refractivity contribution in [2.24, 2.45) is 0 Å². The second-order valence-electron chi connectivity index (χ2n) is 4.54. The van der Waals surface area contributed by atoms with Gasteiger partial charge in [-0.3, -0.25) is 4.79 Å². The van der Waals surface area contributed by atoms with Crippen LogP contribution < -0.4 is 5.32 Å². The number of nitrogens with one attached hydrogen (secondary N) is 1. The minimum Gasteiger partial charge on any atom is -0.336 e. The van der Waals surface area contributed by atoms with E-state index in [1.165, 1.54) is 0 Å². The van der Waals surface area contributed by atoms with E-state index in [0.717, 1.165) is 43.6 Å². The van der Waals surface area contributed by atoms with Gasteiger partial charge in [0.2, 0.25) is 0 Å². The van der Waals surface area contributed by atoms with Crippen molar-refractivity contribution in [2.75, 3.05) is 19.6 Å². The number of hydrogen-bond acceptors (Lipinski definition) is 3. The predicted octanol–water partition coefficient (Wildman–Crippen LogP) is 2.27. The van der Waals surface area contributed by atoms with Crippen molar-refractivity contribution in [3.63, 3.8) is 0 Å². The molecule has 94 valence electrons. The highest BCUT2D eigenvalue weighted by molar-refractivity contribution is 7.08. The van der Waals surface area contributed by atoms with Gasteiger partial charge in [-0.1, -0.05) is 0 Å². The van der Waals surface area contributed by atoms with E-state index in [1.54, 1.807) is 11.3 Å². The lowest BCUT2D eigenvalue weighted by molar-refractivity contribution is 0.0656. The lowest BCUT2D eigenvalue weighted by atomic mass is 10.0. The summed E-state index contributed by atoms with van der Waals surface area (Å²) in [6.07, 6.45) is 2.14. The van der Waals surface area contributed by atoms with E-state index in [-0.39, 0.29) is 5.91 Å². The van der Waals surface area contributed by atoms with Gasteiger partial charge in [-0.15, -0.1) is 0 Å². The monoisotopic (exact) mass is 252 g/mol. The Morgan fingerprint density at radius 3 is 2.71 bits per heavy atom. The van der Waals surface area contributed by atoms with E-state index >= 15 is 0 Å². The quantitative estimate of drug-likeness (QED) is 0.895. The standard InChI is InChI=1S/C13H20N2OS/c1-3-15(11-4-6-14-7-5-11)13(16)12-9-17-8-10(12)2/h8-9,11,14H,3-7H2,1-2H3. The largest absolute Gasteiger partial charge is 0.336 e. The van der Waals surface area contributed by atoms with E-state index in [1.807, 2.05) is 22.6 Å². The normalized spacial score (nSPS) is 17.1. The molecule has 0 saturated carbocycles. The molecular weight excluding hydrogens is 232 g/mol. The number of amides is 1. The van der Waals surface area contributed by atoms with Crippen LogP contribution in [0.2, 0.25) is 0 Å². The van der Waals surface area contributed by atoms with E-state index in [4.69, 9.17) is 0 Å². The van der Waals surface area contributed by atoms with Gasteiger partial charge >= 0.3 is 0 Å². The van der Waals surface area contributed by atoms with Crippen LogP contribution in [0.5, 0.6) is 0 Å². The highest BCUT2D eigenvalue weighted by Crippen LogP contribution is 2.20. The first-order valence-corrected chi connectivity index (χ1v) is 7.22. The molecule has 0 atom stereocenters. The van der Waals surface area contributed by atoms with Crippen molar-refractivity contribution >= 4 is 17.2 Å². The molecule has 1 aliphatic rings. The van der Waals surface area contributed by atoms with E-state index in [2.05, 4.69) is 12.2 Å². The lowest BCUT2D eigenvalue weighted by Crippen LogP contribution is -2.46. The summed E-state index contributed by atoms with van der Waals surface area (Å²) in [6, 6.07) is 0.410. The fraction of sp³-hybridized carbons (Fsp3) is 0.615. The van der Waals surface area contributed by atoms with E-state index in [0.29, 0.717) is 6.04 Å². The van der Waals surface area contributed by atoms with Crippen LogP contribution >= 0.6 is 11.3 Å². The van der Waals surface area contributed by atoms with Gasteiger partial charge in [0.15, 0.2) is 0 Å². The van der Waals surface area contributed by atoms with Crippen LogP contribution in [-0.2, 0) is 0 Å². The number of rotatable bonds is 3. The molecule has 0 aromatic carbocycles. The topological polar surface area (TPSA) is 32.3 Å². The van der Waals surface area contributed by atoms with Crippen LogP contribution in [0.4, 0.5) is 0 Å². The zero-order valence-corrected chi connectivity index (χ0v) is 11.3. The summed E-state index contributed by atoms with van der Waals surface area (Å²) < 4.78 is 0. The number of aryl methyl sites for hydroxylation is 1. The molecule has 2 rings (SSSR count). The predicted molar refractivity (Wildman–Crippen MR) is 71.7 cm³/mol. The molecule has 1 amide bonds. The van der Waals surface area contributed by atoms with Crippen LogP contribution in [0.25, 0.3) is 0 Å². The second-order valence-corrected chi connectivity index (χ2v) is 5.28. The molecule has 3 nitrogen and oxygen atoms in total. The van der Waals surface area contributed by atoms with Crippen LogP contribution in [-0.4, -0.2) is 36.5 Å². The molecule has 0 spiro atoms. The zero-order chi connectivity index (χ0) is 12.3. The molecule has 2 heterocycles. The molecule has 4 heteroatoms. The van der Waals surface area contributed by atoms with E-state index in [9.17, 15) is 4.79 Å². The van der Waals surface area contributed by atoms with Crippen molar-refractivity contribution in [3.05, 3.63) is 21.9 Å². The molecule has 1 fully saturated rings. The molecule has 0 aliphatic carbocycles. The first kappa shape index (κ1) is 12.6. The van der Waals surface area contributed by atoms with Gasteiger partial charge in [0.05, 0.1) is 5.56 Å². The Morgan fingerprint density at radius 1 is 1.47 bits per heavy atom. The van der Waals surface area contributed by atoms with Crippen molar-refractivity contribution in [2.45, 2.75) is 32.7 Å². The summed E-state index contributed by atoms with van der Waals surface area (Å²) in [5.41, 5.74) is 1.99. The summed E-state index contributed by atoms with van der Waals surface area (Å²) >= 11 is 1.61. The van der Waals surface area contributed by atoms with Crippen LogP contribution in [0.15, 0.2) is 10.8 Å². The van der Waals surface area contributed by atoms with Crippen molar-refractivity contribution in [1.82, 2.24) is 10.2 Å². The Morgan fingerprint density at radius 2 is 2.18 bits per heavy atom. The van der Waals surface area contributed by atoms with Gasteiger partial charge in [0.1, 0.15) is 0 Å². The SMILES string of the molecule is CCN(C(=O)c1cscc1C)C1CCNCC1. The Bertz CT molecular complexity index is 383. The van der Waals surface area contributed by atoms with Gasteiger partial charge in [-0.05, 0) is 50.7 Å². The maximum atomic E-state index is 12.5. The Kier molecular flexibility index (Phi) is 4.18. The fourth-order valence-corrected chi connectivity index (χ4v) is 3.24. The highest BCUT2D eigenvalue weighted by Gasteiger charge is 2.25. The summed E-state index contributed by atoms with van der Waals surface area (Å²) in [5.74, 6) is 0.207. The molecule has 0 bridgehead atoms. The minimum absolute atomic E-state index is 0.207. The summed E-state index contributed by atoms with van der Waals surface area (Å²) in [4.78, 5) is 14.5. The van der Waals surface area contributed by atoms with E-state index < -0.39 is 0 Å². The molecular formula is C13H20N2OS. The summed E-state index contributed by atoms with van der Waals surface area (Å²) in [6.45, 7) is 6.94. The Hall–Kier alpha value is -0.870. The molecule has 0 unspecified atom stereocenters. The fourth-order valence-electron chi connectivity index (χ4n) is 2.42. The maximum Gasteiger partial charge on any atom is 0.255 e. The third kappa shape index (κ3) is 2.69. The molecule has 1 aromatic rings. The first-order valence-electron chi connectivity index (χ1n) is 6.28. The molecule has 1 aliphatic heterocycles. The number of carbonyl (C=O) groups is 1. The van der Waals surface area contributed by atoms with Crippen molar-refractivity contribution < 1.29 is 4.79 Å². The molecule has 1 aromatic heterocycles. The van der Waals surface area contributed by atoms with Crippen molar-refractivity contribution in [3.8, 4) is 0 Å². The Labute approximate surface area is 107 Å². The number of nitrogens with zero attached hydrogens (tertiary/aromatic N) is 1. The molecule has 0 radical (unpaired) electrons. The third-order valence-corrected chi connectivity index (χ3v) is 4.30. The maximum absolute atomic E-state index is 12.5. The zero-order valence-electron chi connectivity index (χ0n) is 10.5. The van der Waals surface area contributed by atoms with Gasteiger partial charge in [-0.2, -0.15) is 11.3 Å². The number of hydrogen-bond donors (Lipinski definition) is 1. The average Bonchev–Trinajstić information content (AvgIpc) is 2.77. The number of thiophene rings is 1. The highest BCUT2D eigenvalue weighted by atomic mass is 32.1. The lowest BCUT2D eigenvalue weighted by Gasteiger charge is -2.34. The van der Waals surface area contributed by atoms with Crippen molar-refractivity contribution in [1.29, 1.82) is 0 Å². The van der Waals surface area contributed by atoms with Gasteiger partial charge < -0.3 is 10.2 Å². The van der Waals surface area contributed by atoms with Gasteiger partial charge in [0, 0.05) is 18.0 Å².